The molecule has 4 rings (SSSR count). The Morgan fingerprint density at radius 1 is 1.18 bits per heavy atom. The number of carbonyl (C=O) groups excluding carboxylic acids is 2. The Hall–Kier alpha value is -2.92. The molecule has 3 atom stereocenters. The van der Waals surface area contributed by atoms with Gasteiger partial charge >= 0.3 is 5.97 Å². The Kier molecular flexibility index (Phi) is 6.99. The van der Waals surface area contributed by atoms with Crippen LogP contribution in [0.25, 0.3) is 0 Å². The Labute approximate surface area is 197 Å². The molecule has 33 heavy (non-hydrogen) atoms. The highest BCUT2D eigenvalue weighted by Crippen LogP contribution is 2.50. The van der Waals surface area contributed by atoms with Crippen LogP contribution in [0.4, 0.5) is 0 Å². The van der Waals surface area contributed by atoms with Crippen molar-refractivity contribution in [1.82, 2.24) is 9.80 Å². The Bertz CT molecular complexity index is 1010. The first-order chi connectivity index (χ1) is 15.9. The van der Waals surface area contributed by atoms with Crippen LogP contribution >= 0.6 is 0 Å². The molecule has 1 aliphatic carbocycles. The number of amides is 1. The third-order valence-electron chi connectivity index (χ3n) is 7.53. The molecule has 2 unspecified atom stereocenters. The molecule has 1 saturated carbocycles. The summed E-state index contributed by atoms with van der Waals surface area (Å²) in [6.45, 7) is 8.26. The molecule has 1 heterocycles. The van der Waals surface area contributed by atoms with Crippen molar-refractivity contribution in [2.24, 2.45) is 5.92 Å². The van der Waals surface area contributed by atoms with E-state index in [0.717, 1.165) is 50.9 Å². The van der Waals surface area contributed by atoms with Gasteiger partial charge < -0.3 is 9.64 Å². The molecule has 1 saturated heterocycles. The quantitative estimate of drug-likeness (QED) is 0.367. The van der Waals surface area contributed by atoms with E-state index in [1.165, 1.54) is 12.5 Å². The second kappa shape index (κ2) is 9.92. The summed E-state index contributed by atoms with van der Waals surface area (Å²) < 4.78 is 5.43. The summed E-state index contributed by atoms with van der Waals surface area (Å²) in [7, 11) is 1.94. The van der Waals surface area contributed by atoms with Crippen molar-refractivity contribution >= 4 is 11.9 Å². The molecule has 2 aliphatic rings. The van der Waals surface area contributed by atoms with E-state index >= 15 is 0 Å². The van der Waals surface area contributed by atoms with Crippen molar-refractivity contribution < 1.29 is 14.3 Å². The van der Waals surface area contributed by atoms with Gasteiger partial charge in [-0.15, -0.1) is 6.58 Å². The van der Waals surface area contributed by atoms with Crippen LogP contribution in [0.2, 0.25) is 0 Å². The molecule has 5 heteroatoms. The Morgan fingerprint density at radius 3 is 2.70 bits per heavy atom. The molecule has 2 aromatic rings. The van der Waals surface area contributed by atoms with E-state index < -0.39 is 0 Å². The second-order valence-electron chi connectivity index (χ2n) is 9.49. The van der Waals surface area contributed by atoms with E-state index in [0.29, 0.717) is 11.7 Å². The molecule has 0 spiro atoms. The maximum absolute atomic E-state index is 13.2. The lowest BCUT2D eigenvalue weighted by Crippen LogP contribution is -2.56. The number of likely N-dealkylation sites (tertiary alicyclic amines) is 1. The monoisotopic (exact) mass is 446 g/mol. The highest BCUT2D eigenvalue weighted by Gasteiger charge is 2.49. The third kappa shape index (κ3) is 4.88. The van der Waals surface area contributed by atoms with Crippen LogP contribution < -0.4 is 4.74 Å². The Morgan fingerprint density at radius 2 is 1.97 bits per heavy atom. The molecular weight excluding hydrogens is 412 g/mol. The van der Waals surface area contributed by atoms with Crippen LogP contribution in [0.5, 0.6) is 5.75 Å². The van der Waals surface area contributed by atoms with Gasteiger partial charge in [0, 0.05) is 44.1 Å². The van der Waals surface area contributed by atoms with Crippen molar-refractivity contribution in [3.8, 4) is 5.75 Å². The minimum atomic E-state index is -0.309. The standard InChI is InChI=1S/C28H34N2O3/c1-4-16-30-17-15-28(23-11-8-12-26(18-23)33-21(2)31)19-25(14-13-24(28)20-30)29(3)27(32)22-9-6-5-7-10-22/h4-12,18,24-25H,1,13-17,19-20H2,2-3H3/t24?,25-,28?/m0/s1. The predicted molar refractivity (Wildman–Crippen MR) is 130 cm³/mol. The first kappa shape index (κ1) is 23.2. The molecule has 0 bridgehead atoms. The highest BCUT2D eigenvalue weighted by atomic mass is 16.5. The number of piperidine rings is 1. The maximum atomic E-state index is 13.2. The van der Waals surface area contributed by atoms with Gasteiger partial charge in [0.1, 0.15) is 5.75 Å². The molecule has 0 aromatic heterocycles. The summed E-state index contributed by atoms with van der Waals surface area (Å²) in [5.41, 5.74) is 1.89. The minimum Gasteiger partial charge on any atom is -0.427 e. The largest absolute Gasteiger partial charge is 0.427 e. The normalized spacial score (nSPS) is 25.0. The summed E-state index contributed by atoms with van der Waals surface area (Å²) >= 11 is 0. The molecule has 5 nitrogen and oxygen atoms in total. The van der Waals surface area contributed by atoms with E-state index in [-0.39, 0.29) is 23.3 Å². The third-order valence-corrected chi connectivity index (χ3v) is 7.53. The van der Waals surface area contributed by atoms with Crippen LogP contribution in [0, 0.1) is 5.92 Å². The van der Waals surface area contributed by atoms with Crippen molar-refractivity contribution in [2.75, 3.05) is 26.7 Å². The smallest absolute Gasteiger partial charge is 0.308 e. The first-order valence-electron chi connectivity index (χ1n) is 11.9. The number of carbonyl (C=O) groups is 2. The van der Waals surface area contributed by atoms with E-state index in [4.69, 9.17) is 4.74 Å². The average Bonchev–Trinajstić information content (AvgIpc) is 2.83. The van der Waals surface area contributed by atoms with Gasteiger partial charge in [-0.25, -0.2) is 0 Å². The predicted octanol–water partition coefficient (Wildman–Crippen LogP) is 4.68. The van der Waals surface area contributed by atoms with E-state index in [9.17, 15) is 9.59 Å². The summed E-state index contributed by atoms with van der Waals surface area (Å²) in [6, 6.07) is 17.7. The molecule has 1 aliphatic heterocycles. The number of benzene rings is 2. The minimum absolute atomic E-state index is 0.0536. The number of esters is 1. The van der Waals surface area contributed by atoms with E-state index in [1.54, 1.807) is 0 Å². The average molecular weight is 447 g/mol. The summed E-state index contributed by atoms with van der Waals surface area (Å²) in [5, 5.41) is 0. The molecule has 0 N–H and O–H groups in total. The zero-order valence-electron chi connectivity index (χ0n) is 19.7. The zero-order chi connectivity index (χ0) is 23.4. The fourth-order valence-electron chi connectivity index (χ4n) is 5.85. The van der Waals surface area contributed by atoms with Crippen LogP contribution in [-0.2, 0) is 10.2 Å². The molecular formula is C28H34N2O3. The number of ether oxygens (including phenoxy) is 1. The Balaban J connectivity index is 1.64. The van der Waals surface area contributed by atoms with Gasteiger partial charge in [-0.1, -0.05) is 36.4 Å². The van der Waals surface area contributed by atoms with Crippen LogP contribution in [0.3, 0.4) is 0 Å². The van der Waals surface area contributed by atoms with Crippen LogP contribution in [0.1, 0.15) is 48.5 Å². The fourth-order valence-corrected chi connectivity index (χ4v) is 5.85. The van der Waals surface area contributed by atoms with Gasteiger partial charge in [0.15, 0.2) is 0 Å². The topological polar surface area (TPSA) is 49.9 Å². The van der Waals surface area contributed by atoms with Gasteiger partial charge in [-0.2, -0.15) is 0 Å². The molecule has 2 aromatic carbocycles. The zero-order valence-corrected chi connectivity index (χ0v) is 19.7. The molecule has 0 radical (unpaired) electrons. The van der Waals surface area contributed by atoms with Crippen molar-refractivity contribution in [3.05, 3.63) is 78.4 Å². The van der Waals surface area contributed by atoms with Crippen LogP contribution in [0.15, 0.2) is 67.3 Å². The molecule has 174 valence electrons. The van der Waals surface area contributed by atoms with Gasteiger partial charge in [0.05, 0.1) is 0 Å². The van der Waals surface area contributed by atoms with Gasteiger partial charge in [0.2, 0.25) is 0 Å². The fraction of sp³-hybridized carbons (Fsp3) is 0.429. The maximum Gasteiger partial charge on any atom is 0.308 e. The first-order valence-corrected chi connectivity index (χ1v) is 11.9. The lowest BCUT2D eigenvalue weighted by molar-refractivity contribution is -0.131. The number of rotatable bonds is 6. The highest BCUT2D eigenvalue weighted by molar-refractivity contribution is 5.94. The van der Waals surface area contributed by atoms with E-state index in [2.05, 4.69) is 17.5 Å². The number of hydrogen-bond donors (Lipinski definition) is 0. The van der Waals surface area contributed by atoms with Gasteiger partial charge in [0.25, 0.3) is 5.91 Å². The lowest BCUT2D eigenvalue weighted by atomic mass is 9.57. The van der Waals surface area contributed by atoms with E-state index in [1.807, 2.05) is 66.6 Å². The number of nitrogens with zero attached hydrogens (tertiary/aromatic N) is 2. The number of fused-ring (bicyclic) bond motifs is 1. The number of hydrogen-bond acceptors (Lipinski definition) is 4. The lowest BCUT2D eigenvalue weighted by Gasteiger charge is -2.54. The van der Waals surface area contributed by atoms with Crippen molar-refractivity contribution in [2.45, 2.75) is 44.1 Å². The summed E-state index contributed by atoms with van der Waals surface area (Å²) in [5.74, 6) is 0.844. The van der Waals surface area contributed by atoms with Gasteiger partial charge in [-0.05, 0) is 68.0 Å². The second-order valence-corrected chi connectivity index (χ2v) is 9.49. The summed E-state index contributed by atoms with van der Waals surface area (Å²) in [6.07, 6.45) is 5.96. The SMILES string of the molecule is C=CCN1CCC2(c3cccc(OC(C)=O)c3)C[C@@H](N(C)C(=O)c3ccccc3)CCC2C1. The van der Waals surface area contributed by atoms with Crippen molar-refractivity contribution in [3.63, 3.8) is 0 Å². The van der Waals surface area contributed by atoms with Crippen LogP contribution in [-0.4, -0.2) is 54.4 Å². The molecule has 1 amide bonds. The van der Waals surface area contributed by atoms with Crippen molar-refractivity contribution in [1.29, 1.82) is 0 Å². The molecule has 2 fully saturated rings. The van der Waals surface area contributed by atoms with Gasteiger partial charge in [-0.3, -0.25) is 14.5 Å². The summed E-state index contributed by atoms with van der Waals surface area (Å²) in [4.78, 5) is 29.2.